The predicted molar refractivity (Wildman–Crippen MR) is 102 cm³/mol. The number of rotatable bonds is 7. The molecule has 2 aliphatic heterocycles. The molecule has 12 heteroatoms. The van der Waals surface area contributed by atoms with E-state index in [0.717, 1.165) is 6.42 Å². The molecule has 0 aromatic heterocycles. The predicted octanol–water partition coefficient (Wildman–Crippen LogP) is -2.08. The van der Waals surface area contributed by atoms with Crippen LogP contribution in [0.3, 0.4) is 0 Å². The van der Waals surface area contributed by atoms with E-state index >= 15 is 0 Å². The molecule has 2 rings (SSSR count). The van der Waals surface area contributed by atoms with Gasteiger partial charge in [0.15, 0.2) is 5.79 Å². The first-order chi connectivity index (χ1) is 13.7. The molecule has 2 aliphatic rings. The molecular weight excluding hydrogens is 400 g/mol. The van der Waals surface area contributed by atoms with Crippen molar-refractivity contribution in [2.24, 2.45) is 10.8 Å². The highest BCUT2D eigenvalue weighted by molar-refractivity contribution is 5.82. The van der Waals surface area contributed by atoms with Crippen molar-refractivity contribution in [2.45, 2.75) is 77.2 Å². The van der Waals surface area contributed by atoms with Gasteiger partial charge in [0.25, 0.3) is 0 Å². The number of hydroxylamine groups is 2. The standard InChI is InChI=1S/C18H34N4O8/c1-6-7-8-11-18(20-16(27,12(25)29-19-11)14(2,3)9-23)21-17(28,13(26)30-22-18)15(4,5)10-24/h11,19-24,27-28H,6-10H2,1-5H3/t11-,16+,17-,18-/m1/s1. The van der Waals surface area contributed by atoms with Gasteiger partial charge in [-0.25, -0.2) is 20.2 Å². The van der Waals surface area contributed by atoms with Crippen LogP contribution in [0.15, 0.2) is 0 Å². The van der Waals surface area contributed by atoms with Crippen LogP contribution in [0.5, 0.6) is 0 Å². The van der Waals surface area contributed by atoms with Crippen LogP contribution in [-0.4, -0.2) is 68.9 Å². The summed E-state index contributed by atoms with van der Waals surface area (Å²) < 4.78 is 0. The molecular formula is C18H34N4O8. The molecule has 2 saturated heterocycles. The molecule has 2 fully saturated rings. The van der Waals surface area contributed by atoms with Gasteiger partial charge in [0.05, 0.1) is 19.3 Å². The fraction of sp³-hybridized carbons (Fsp3) is 0.889. The SMILES string of the molecule is CCCC[C@H]1NOC(=O)[C@](O)(C(C)(C)CO)N[C@]12NOC(=O)[C@@](O)(C(C)(C)CO)N2. The van der Waals surface area contributed by atoms with Crippen LogP contribution in [0.4, 0.5) is 0 Å². The molecule has 8 N–H and O–H groups in total. The maximum absolute atomic E-state index is 12.7. The summed E-state index contributed by atoms with van der Waals surface area (Å²) >= 11 is 0. The topological polar surface area (TPSA) is 182 Å². The third kappa shape index (κ3) is 3.82. The molecule has 0 radical (unpaired) electrons. The number of aliphatic hydroxyl groups excluding tert-OH is 2. The Kier molecular flexibility index (Phi) is 6.87. The van der Waals surface area contributed by atoms with Crippen molar-refractivity contribution >= 4 is 11.9 Å². The monoisotopic (exact) mass is 434 g/mol. The number of hydrogen-bond acceptors (Lipinski definition) is 12. The summed E-state index contributed by atoms with van der Waals surface area (Å²) in [6.07, 6.45) is 1.79. The van der Waals surface area contributed by atoms with Crippen molar-refractivity contribution in [1.29, 1.82) is 0 Å². The molecule has 0 amide bonds. The molecule has 0 bridgehead atoms. The molecule has 1 spiro atoms. The van der Waals surface area contributed by atoms with Crippen LogP contribution in [-0.2, 0) is 19.3 Å². The third-order valence-electron chi connectivity index (χ3n) is 6.06. The number of hydrogen-bond donors (Lipinski definition) is 8. The van der Waals surface area contributed by atoms with Gasteiger partial charge < -0.3 is 30.1 Å². The van der Waals surface area contributed by atoms with Gasteiger partial charge in [-0.15, -0.1) is 11.0 Å². The lowest BCUT2D eigenvalue weighted by Crippen LogP contribution is -2.88. The lowest BCUT2D eigenvalue weighted by Gasteiger charge is -2.54. The number of aliphatic hydroxyl groups is 4. The van der Waals surface area contributed by atoms with Crippen LogP contribution in [0.2, 0.25) is 0 Å². The van der Waals surface area contributed by atoms with Crippen LogP contribution >= 0.6 is 0 Å². The third-order valence-corrected chi connectivity index (χ3v) is 6.06. The van der Waals surface area contributed by atoms with E-state index in [0.29, 0.717) is 12.8 Å². The van der Waals surface area contributed by atoms with Gasteiger partial charge in [0.1, 0.15) is 0 Å². The quantitative estimate of drug-likeness (QED) is 0.219. The van der Waals surface area contributed by atoms with E-state index in [-0.39, 0.29) is 0 Å². The van der Waals surface area contributed by atoms with E-state index in [4.69, 9.17) is 9.68 Å². The Bertz CT molecular complexity index is 675. The molecule has 4 atom stereocenters. The second-order valence-corrected chi connectivity index (χ2v) is 9.26. The van der Waals surface area contributed by atoms with Crippen molar-refractivity contribution < 1.29 is 39.7 Å². The fourth-order valence-electron chi connectivity index (χ4n) is 3.29. The summed E-state index contributed by atoms with van der Waals surface area (Å²) in [4.78, 5) is 35.3. The average Bonchev–Trinajstić information content (AvgIpc) is 2.79. The van der Waals surface area contributed by atoms with E-state index in [1.165, 1.54) is 27.7 Å². The lowest BCUT2D eigenvalue weighted by atomic mass is 9.78. The second-order valence-electron chi connectivity index (χ2n) is 9.26. The highest BCUT2D eigenvalue weighted by Crippen LogP contribution is 2.38. The molecule has 0 aromatic carbocycles. The van der Waals surface area contributed by atoms with Crippen LogP contribution in [0, 0.1) is 10.8 Å². The van der Waals surface area contributed by atoms with Gasteiger partial charge in [-0.2, -0.15) is 0 Å². The van der Waals surface area contributed by atoms with Crippen LogP contribution in [0.25, 0.3) is 0 Å². The number of carbonyl (C=O) groups excluding carboxylic acids is 2. The summed E-state index contributed by atoms with van der Waals surface area (Å²) in [6, 6.07) is -0.848. The summed E-state index contributed by atoms with van der Waals surface area (Å²) in [6.45, 7) is 6.50. The molecule has 0 aliphatic carbocycles. The number of nitrogens with one attached hydrogen (secondary N) is 4. The maximum Gasteiger partial charge on any atom is 0.373 e. The Morgan fingerprint density at radius 2 is 1.40 bits per heavy atom. The van der Waals surface area contributed by atoms with E-state index in [1.807, 2.05) is 6.92 Å². The van der Waals surface area contributed by atoms with Crippen LogP contribution in [0.1, 0.15) is 53.9 Å². The lowest BCUT2D eigenvalue weighted by molar-refractivity contribution is -0.251. The largest absolute Gasteiger partial charge is 0.396 e. The van der Waals surface area contributed by atoms with Crippen LogP contribution < -0.4 is 21.6 Å². The Hall–Kier alpha value is -1.38. The molecule has 0 aromatic rings. The normalized spacial score (nSPS) is 35.7. The number of carbonyl (C=O) groups is 2. The highest BCUT2D eigenvalue weighted by Gasteiger charge is 2.66. The minimum Gasteiger partial charge on any atom is -0.396 e. The van der Waals surface area contributed by atoms with Crippen molar-refractivity contribution in [3.8, 4) is 0 Å². The van der Waals surface area contributed by atoms with Crippen molar-refractivity contribution in [3.05, 3.63) is 0 Å². The Morgan fingerprint density at radius 1 is 0.933 bits per heavy atom. The minimum absolute atomic E-state index is 0.361. The molecule has 2 heterocycles. The highest BCUT2D eigenvalue weighted by atomic mass is 16.7. The molecule has 30 heavy (non-hydrogen) atoms. The van der Waals surface area contributed by atoms with E-state index in [1.54, 1.807) is 0 Å². The maximum atomic E-state index is 12.7. The van der Waals surface area contributed by atoms with Gasteiger partial charge in [-0.05, 0) is 6.42 Å². The van der Waals surface area contributed by atoms with Crippen molar-refractivity contribution in [1.82, 2.24) is 21.6 Å². The van der Waals surface area contributed by atoms with Crippen molar-refractivity contribution in [2.75, 3.05) is 13.2 Å². The van der Waals surface area contributed by atoms with E-state index in [2.05, 4.69) is 21.6 Å². The zero-order chi connectivity index (χ0) is 23.0. The summed E-state index contributed by atoms with van der Waals surface area (Å²) in [5.74, 6) is -4.05. The zero-order valence-corrected chi connectivity index (χ0v) is 18.0. The van der Waals surface area contributed by atoms with E-state index in [9.17, 15) is 30.0 Å². The van der Waals surface area contributed by atoms with Crippen molar-refractivity contribution in [3.63, 3.8) is 0 Å². The molecule has 0 saturated carbocycles. The van der Waals surface area contributed by atoms with Gasteiger partial charge in [0, 0.05) is 10.8 Å². The van der Waals surface area contributed by atoms with E-state index < -0.39 is 59.3 Å². The summed E-state index contributed by atoms with van der Waals surface area (Å²) in [7, 11) is 0. The molecule has 174 valence electrons. The Labute approximate surface area is 175 Å². The summed E-state index contributed by atoms with van der Waals surface area (Å²) in [5, 5.41) is 47.4. The smallest absolute Gasteiger partial charge is 0.373 e. The van der Waals surface area contributed by atoms with Gasteiger partial charge in [-0.3, -0.25) is 0 Å². The first kappa shape index (κ1) is 24.9. The van der Waals surface area contributed by atoms with Gasteiger partial charge >= 0.3 is 11.9 Å². The Morgan fingerprint density at radius 3 is 1.83 bits per heavy atom. The second kappa shape index (κ2) is 8.28. The first-order valence-electron chi connectivity index (χ1n) is 9.95. The first-order valence-corrected chi connectivity index (χ1v) is 9.95. The number of unbranched alkanes of at least 4 members (excludes halogenated alkanes) is 1. The average molecular weight is 434 g/mol. The molecule has 12 nitrogen and oxygen atoms in total. The fourth-order valence-corrected chi connectivity index (χ4v) is 3.29. The Balaban J connectivity index is 2.61. The summed E-state index contributed by atoms with van der Waals surface area (Å²) in [5.41, 5.74) is -2.74. The van der Waals surface area contributed by atoms with Gasteiger partial charge in [-0.1, -0.05) is 47.5 Å². The molecule has 0 unspecified atom stereocenters. The zero-order valence-electron chi connectivity index (χ0n) is 18.0. The van der Waals surface area contributed by atoms with Gasteiger partial charge in [0.2, 0.25) is 11.4 Å². The minimum atomic E-state index is -2.47.